The molecule has 0 amide bonds. The Balaban J connectivity index is 2.21. The number of nitrogens with zero attached hydrogens (tertiary/aromatic N) is 2. The minimum atomic E-state index is -0.940. The Morgan fingerprint density at radius 1 is 1.38 bits per heavy atom. The number of aromatic nitrogens is 2. The molecule has 1 unspecified atom stereocenters. The van der Waals surface area contributed by atoms with Crippen LogP contribution in [-0.2, 0) is 12.8 Å². The van der Waals surface area contributed by atoms with Crippen LogP contribution in [-0.4, -0.2) is 21.0 Å². The van der Waals surface area contributed by atoms with E-state index in [-0.39, 0.29) is 11.6 Å². The van der Waals surface area contributed by atoms with E-state index in [1.807, 2.05) is 20.0 Å². The molecule has 0 bridgehead atoms. The molecule has 0 aliphatic heterocycles. The summed E-state index contributed by atoms with van der Waals surface area (Å²) in [4.78, 5) is 21.2. The van der Waals surface area contributed by atoms with E-state index in [1.54, 1.807) is 23.5 Å². The highest BCUT2D eigenvalue weighted by Gasteiger charge is 2.13. The normalized spacial score (nSPS) is 12.1. The highest BCUT2D eigenvalue weighted by atomic mass is 32.1. The third kappa shape index (κ3) is 3.78. The third-order valence-electron chi connectivity index (χ3n) is 3.14. The van der Waals surface area contributed by atoms with Crippen LogP contribution in [0.2, 0.25) is 0 Å². The van der Waals surface area contributed by atoms with E-state index in [0.29, 0.717) is 12.2 Å². The molecule has 2 aromatic rings. The van der Waals surface area contributed by atoms with Crippen LogP contribution in [0.15, 0.2) is 18.3 Å². The van der Waals surface area contributed by atoms with Gasteiger partial charge in [-0.2, -0.15) is 0 Å². The van der Waals surface area contributed by atoms with Crippen molar-refractivity contribution in [3.05, 3.63) is 39.5 Å². The summed E-state index contributed by atoms with van der Waals surface area (Å²) in [6, 6.07) is 3.17. The predicted octanol–water partition coefficient (Wildman–Crippen LogP) is 3.53. The number of aryl methyl sites for hydroxylation is 2. The largest absolute Gasteiger partial charge is 0.478 e. The Morgan fingerprint density at radius 2 is 2.14 bits per heavy atom. The molecule has 2 aromatic heterocycles. The van der Waals surface area contributed by atoms with Gasteiger partial charge in [0.25, 0.3) is 0 Å². The van der Waals surface area contributed by atoms with Crippen molar-refractivity contribution in [1.29, 1.82) is 0 Å². The number of carboxylic acid groups (broad SMARTS) is 1. The number of carbonyl (C=O) groups is 1. The molecule has 2 heterocycles. The van der Waals surface area contributed by atoms with Gasteiger partial charge in [-0.25, -0.2) is 14.8 Å². The van der Waals surface area contributed by atoms with Gasteiger partial charge in [0.1, 0.15) is 10.8 Å². The number of nitrogens with one attached hydrogen (secondary N) is 1. The Hall–Kier alpha value is -1.95. The molecule has 6 heteroatoms. The quantitative estimate of drug-likeness (QED) is 0.854. The Labute approximate surface area is 128 Å². The molecule has 0 radical (unpaired) electrons. The molecule has 0 aromatic carbocycles. The minimum Gasteiger partial charge on any atom is -0.478 e. The summed E-state index contributed by atoms with van der Waals surface area (Å²) in [5.74, 6) is -0.363. The first-order valence-electron chi connectivity index (χ1n) is 6.98. The molecule has 1 atom stereocenters. The molecule has 0 spiro atoms. The molecule has 0 fully saturated rings. The number of carboxylic acids is 1. The molecule has 112 valence electrons. The van der Waals surface area contributed by atoms with Gasteiger partial charge in [0, 0.05) is 16.8 Å². The molecule has 0 saturated heterocycles. The van der Waals surface area contributed by atoms with Crippen LogP contribution in [0.1, 0.15) is 52.7 Å². The van der Waals surface area contributed by atoms with Gasteiger partial charge in [-0.1, -0.05) is 13.8 Å². The van der Waals surface area contributed by atoms with Gasteiger partial charge in [0.05, 0.1) is 11.6 Å². The number of rotatable bonds is 6. The standard InChI is InChI=1S/C15H19N3O2S/c1-4-11-6-10(15(19)20)7-13(18-11)17-9(3)14-16-8-12(5-2)21-14/h6-9H,4-5H2,1-3H3,(H,17,18)(H,19,20). The number of pyridine rings is 1. The molecule has 2 rings (SSSR count). The van der Waals surface area contributed by atoms with E-state index < -0.39 is 5.97 Å². The summed E-state index contributed by atoms with van der Waals surface area (Å²) in [6.07, 6.45) is 3.55. The lowest BCUT2D eigenvalue weighted by molar-refractivity contribution is 0.0696. The van der Waals surface area contributed by atoms with Crippen molar-refractivity contribution < 1.29 is 9.90 Å². The molecule has 0 aliphatic rings. The van der Waals surface area contributed by atoms with Crippen molar-refractivity contribution in [2.45, 2.75) is 39.7 Å². The van der Waals surface area contributed by atoms with Gasteiger partial charge >= 0.3 is 5.97 Å². The van der Waals surface area contributed by atoms with E-state index in [9.17, 15) is 4.79 Å². The Bertz CT molecular complexity index is 640. The van der Waals surface area contributed by atoms with Gasteiger partial charge in [-0.15, -0.1) is 11.3 Å². The molecule has 5 nitrogen and oxygen atoms in total. The maximum Gasteiger partial charge on any atom is 0.335 e. The molecule has 0 saturated carbocycles. The lowest BCUT2D eigenvalue weighted by atomic mass is 10.2. The highest BCUT2D eigenvalue weighted by molar-refractivity contribution is 7.11. The van der Waals surface area contributed by atoms with Crippen molar-refractivity contribution in [2.75, 3.05) is 5.32 Å². The van der Waals surface area contributed by atoms with Crippen LogP contribution in [0.4, 0.5) is 5.82 Å². The van der Waals surface area contributed by atoms with E-state index in [1.165, 1.54) is 4.88 Å². The fourth-order valence-corrected chi connectivity index (χ4v) is 2.80. The summed E-state index contributed by atoms with van der Waals surface area (Å²) in [5, 5.41) is 13.4. The molecular formula is C15H19N3O2S. The maximum absolute atomic E-state index is 11.2. The Kier molecular flexibility index (Phi) is 4.90. The average Bonchev–Trinajstić information content (AvgIpc) is 2.95. The second-order valence-corrected chi connectivity index (χ2v) is 5.92. The lowest BCUT2D eigenvalue weighted by Gasteiger charge is -2.13. The number of hydrogen-bond donors (Lipinski definition) is 2. The van der Waals surface area contributed by atoms with Gasteiger partial charge in [-0.3, -0.25) is 0 Å². The van der Waals surface area contributed by atoms with Crippen LogP contribution in [0.3, 0.4) is 0 Å². The summed E-state index contributed by atoms with van der Waals surface area (Å²) in [7, 11) is 0. The topological polar surface area (TPSA) is 75.1 Å². The first-order chi connectivity index (χ1) is 10.0. The number of thiazole rings is 1. The highest BCUT2D eigenvalue weighted by Crippen LogP contribution is 2.24. The molecule has 0 aliphatic carbocycles. The van der Waals surface area contributed by atoms with E-state index in [2.05, 4.69) is 22.2 Å². The van der Waals surface area contributed by atoms with E-state index in [4.69, 9.17) is 5.11 Å². The second kappa shape index (κ2) is 6.67. The summed E-state index contributed by atoms with van der Waals surface area (Å²) < 4.78 is 0. The minimum absolute atomic E-state index is 0.00319. The van der Waals surface area contributed by atoms with E-state index in [0.717, 1.165) is 17.1 Å². The zero-order valence-electron chi connectivity index (χ0n) is 12.4. The number of anilines is 1. The monoisotopic (exact) mass is 305 g/mol. The molecular weight excluding hydrogens is 286 g/mol. The van der Waals surface area contributed by atoms with E-state index >= 15 is 0 Å². The number of aromatic carboxylic acids is 1. The van der Waals surface area contributed by atoms with Crippen LogP contribution in [0.25, 0.3) is 0 Å². The third-order valence-corrected chi connectivity index (χ3v) is 4.47. The Morgan fingerprint density at radius 3 is 2.71 bits per heavy atom. The van der Waals surface area contributed by atoms with Gasteiger partial charge in [-0.05, 0) is 31.9 Å². The summed E-state index contributed by atoms with van der Waals surface area (Å²) in [6.45, 7) is 6.05. The van der Waals surface area contributed by atoms with Crippen LogP contribution < -0.4 is 5.32 Å². The smallest absolute Gasteiger partial charge is 0.335 e. The average molecular weight is 305 g/mol. The fraction of sp³-hybridized carbons (Fsp3) is 0.400. The van der Waals surface area contributed by atoms with Crippen LogP contribution in [0, 0.1) is 0 Å². The van der Waals surface area contributed by atoms with Crippen LogP contribution in [0.5, 0.6) is 0 Å². The van der Waals surface area contributed by atoms with Gasteiger partial charge in [0.15, 0.2) is 0 Å². The molecule has 2 N–H and O–H groups in total. The van der Waals surface area contributed by atoms with Crippen molar-refractivity contribution in [3.63, 3.8) is 0 Å². The summed E-state index contributed by atoms with van der Waals surface area (Å²) >= 11 is 1.66. The lowest BCUT2D eigenvalue weighted by Crippen LogP contribution is -2.10. The maximum atomic E-state index is 11.2. The van der Waals surface area contributed by atoms with Crippen molar-refractivity contribution >= 4 is 23.1 Å². The molecule has 21 heavy (non-hydrogen) atoms. The fourth-order valence-electron chi connectivity index (χ4n) is 1.94. The zero-order chi connectivity index (χ0) is 15.4. The van der Waals surface area contributed by atoms with Gasteiger partial charge < -0.3 is 10.4 Å². The summed E-state index contributed by atoms with van der Waals surface area (Å²) in [5.41, 5.74) is 1.02. The zero-order valence-corrected chi connectivity index (χ0v) is 13.2. The predicted molar refractivity (Wildman–Crippen MR) is 84.1 cm³/mol. The van der Waals surface area contributed by atoms with Gasteiger partial charge in [0.2, 0.25) is 0 Å². The number of hydrogen-bond acceptors (Lipinski definition) is 5. The second-order valence-electron chi connectivity index (χ2n) is 4.78. The first kappa shape index (κ1) is 15.4. The van der Waals surface area contributed by atoms with Crippen LogP contribution >= 0.6 is 11.3 Å². The SMILES string of the molecule is CCc1cc(C(=O)O)cc(NC(C)c2ncc(CC)s2)n1. The first-order valence-corrected chi connectivity index (χ1v) is 7.80. The van der Waals surface area contributed by atoms with Crippen molar-refractivity contribution in [2.24, 2.45) is 0 Å². The van der Waals surface area contributed by atoms with Crippen molar-refractivity contribution in [3.8, 4) is 0 Å². The van der Waals surface area contributed by atoms with Crippen molar-refractivity contribution in [1.82, 2.24) is 9.97 Å².